The predicted molar refractivity (Wildman–Crippen MR) is 92.4 cm³/mol. The summed E-state index contributed by atoms with van der Waals surface area (Å²) in [5.41, 5.74) is -1.44. The van der Waals surface area contributed by atoms with Crippen molar-refractivity contribution < 1.29 is 33.4 Å². The number of hydrogen-bond acceptors (Lipinski definition) is 7. The highest BCUT2D eigenvalue weighted by Crippen LogP contribution is 2.07. The summed E-state index contributed by atoms with van der Waals surface area (Å²) < 4.78 is 14.9. The average molecular weight is 375 g/mol. The molecule has 3 amide bonds. The molecule has 0 saturated heterocycles. The van der Waals surface area contributed by atoms with Gasteiger partial charge in [0.15, 0.2) is 0 Å². The standard InChI is InChI=1S/C16H29N3O7/c1-15(2,3)25-13(22)18-8-11(20)24-9-10(12(21)17-7)19-14(23)26-16(4,5)6/h10H,8-9H2,1-7H3,(H,17,21)(H,18,22)(H,19,23)/t10-/m0/s1. The second-order valence-corrected chi connectivity index (χ2v) is 7.35. The van der Waals surface area contributed by atoms with Gasteiger partial charge in [-0.2, -0.15) is 0 Å². The molecule has 0 aromatic heterocycles. The van der Waals surface area contributed by atoms with Crippen molar-refractivity contribution in [3.05, 3.63) is 0 Å². The van der Waals surface area contributed by atoms with E-state index in [1.807, 2.05) is 0 Å². The molecule has 0 radical (unpaired) electrons. The van der Waals surface area contributed by atoms with Crippen LogP contribution >= 0.6 is 0 Å². The number of amides is 3. The van der Waals surface area contributed by atoms with Crippen molar-refractivity contribution in [1.82, 2.24) is 16.0 Å². The molecule has 10 nitrogen and oxygen atoms in total. The van der Waals surface area contributed by atoms with Crippen molar-refractivity contribution in [2.45, 2.75) is 58.8 Å². The minimum Gasteiger partial charge on any atom is -0.462 e. The first-order valence-corrected chi connectivity index (χ1v) is 8.07. The number of hydrogen-bond donors (Lipinski definition) is 3. The molecule has 0 aliphatic heterocycles. The van der Waals surface area contributed by atoms with Gasteiger partial charge in [0, 0.05) is 7.05 Å². The van der Waals surface area contributed by atoms with Crippen molar-refractivity contribution in [2.75, 3.05) is 20.2 Å². The Morgan fingerprint density at radius 3 is 1.85 bits per heavy atom. The van der Waals surface area contributed by atoms with Gasteiger partial charge in [0.2, 0.25) is 5.91 Å². The van der Waals surface area contributed by atoms with E-state index in [1.54, 1.807) is 41.5 Å². The van der Waals surface area contributed by atoms with Gasteiger partial charge in [0.1, 0.15) is 30.4 Å². The van der Waals surface area contributed by atoms with E-state index in [0.29, 0.717) is 0 Å². The first-order valence-electron chi connectivity index (χ1n) is 8.07. The lowest BCUT2D eigenvalue weighted by Crippen LogP contribution is -2.50. The lowest BCUT2D eigenvalue weighted by atomic mass is 10.2. The number of likely N-dealkylation sites (N-methyl/N-ethyl adjacent to an activating group) is 1. The normalized spacial score (nSPS) is 12.4. The van der Waals surface area contributed by atoms with Crippen molar-refractivity contribution in [3.63, 3.8) is 0 Å². The summed E-state index contributed by atoms with van der Waals surface area (Å²) in [6.45, 7) is 9.19. The van der Waals surface area contributed by atoms with Crippen LogP contribution in [-0.2, 0) is 23.8 Å². The van der Waals surface area contributed by atoms with Crippen LogP contribution in [0.4, 0.5) is 9.59 Å². The fourth-order valence-electron chi connectivity index (χ4n) is 1.49. The van der Waals surface area contributed by atoms with E-state index >= 15 is 0 Å². The number of carbonyl (C=O) groups is 4. The minimum atomic E-state index is -1.14. The van der Waals surface area contributed by atoms with Gasteiger partial charge in [-0.25, -0.2) is 9.59 Å². The van der Waals surface area contributed by atoms with Crippen molar-refractivity contribution in [2.24, 2.45) is 0 Å². The van der Waals surface area contributed by atoms with Crippen LogP contribution in [0.25, 0.3) is 0 Å². The topological polar surface area (TPSA) is 132 Å². The highest BCUT2D eigenvalue weighted by atomic mass is 16.6. The molecule has 0 spiro atoms. The first kappa shape index (κ1) is 23.5. The maximum Gasteiger partial charge on any atom is 0.408 e. The number of alkyl carbamates (subject to hydrolysis) is 2. The Labute approximate surface area is 153 Å². The Bertz CT molecular complexity index is 521. The molecule has 0 unspecified atom stereocenters. The van der Waals surface area contributed by atoms with Crippen LogP contribution < -0.4 is 16.0 Å². The lowest BCUT2D eigenvalue weighted by molar-refractivity contribution is -0.144. The third kappa shape index (κ3) is 11.9. The highest BCUT2D eigenvalue weighted by molar-refractivity contribution is 5.86. The van der Waals surface area contributed by atoms with Crippen molar-refractivity contribution >= 4 is 24.1 Å². The molecule has 0 heterocycles. The molecule has 0 aromatic carbocycles. The quantitative estimate of drug-likeness (QED) is 0.460. The van der Waals surface area contributed by atoms with E-state index in [-0.39, 0.29) is 0 Å². The Balaban J connectivity index is 4.48. The minimum absolute atomic E-state index is 0.423. The van der Waals surface area contributed by atoms with Crippen LogP contribution in [0.1, 0.15) is 41.5 Å². The summed E-state index contributed by atoms with van der Waals surface area (Å²) in [5, 5.41) is 6.89. The number of ether oxygens (including phenoxy) is 3. The lowest BCUT2D eigenvalue weighted by Gasteiger charge is -2.23. The van der Waals surface area contributed by atoms with Crippen molar-refractivity contribution in [1.29, 1.82) is 0 Å². The smallest absolute Gasteiger partial charge is 0.408 e. The molecule has 0 rings (SSSR count). The third-order valence-corrected chi connectivity index (χ3v) is 2.44. The number of esters is 1. The van der Waals surface area contributed by atoms with E-state index in [0.717, 1.165) is 0 Å². The molecule has 10 heteroatoms. The fourth-order valence-corrected chi connectivity index (χ4v) is 1.49. The van der Waals surface area contributed by atoms with E-state index < -0.39 is 54.5 Å². The summed E-state index contributed by atoms with van der Waals surface area (Å²) >= 11 is 0. The number of nitrogens with one attached hydrogen (secondary N) is 3. The van der Waals surface area contributed by atoms with Gasteiger partial charge in [-0.15, -0.1) is 0 Å². The van der Waals surface area contributed by atoms with Gasteiger partial charge in [-0.3, -0.25) is 9.59 Å². The summed E-state index contributed by atoms with van der Waals surface area (Å²) in [6.07, 6.45) is -1.60. The molecule has 26 heavy (non-hydrogen) atoms. The maximum atomic E-state index is 11.8. The van der Waals surface area contributed by atoms with Crippen LogP contribution in [-0.4, -0.2) is 61.5 Å². The van der Waals surface area contributed by atoms with Gasteiger partial charge < -0.3 is 30.2 Å². The van der Waals surface area contributed by atoms with E-state index in [4.69, 9.17) is 14.2 Å². The van der Waals surface area contributed by atoms with Gasteiger partial charge >= 0.3 is 18.2 Å². The summed E-state index contributed by atoms with van der Waals surface area (Å²) in [4.78, 5) is 46.7. The van der Waals surface area contributed by atoms with E-state index in [9.17, 15) is 19.2 Å². The molecule has 0 aliphatic rings. The first-order chi connectivity index (χ1) is 11.7. The second-order valence-electron chi connectivity index (χ2n) is 7.35. The number of carbonyl (C=O) groups excluding carboxylic acids is 4. The van der Waals surface area contributed by atoms with Gasteiger partial charge in [0.25, 0.3) is 0 Å². The zero-order chi connectivity index (χ0) is 20.5. The molecule has 0 saturated carbocycles. The SMILES string of the molecule is CNC(=O)[C@H](COC(=O)CNC(=O)OC(C)(C)C)NC(=O)OC(C)(C)C. The Kier molecular flexibility index (Phi) is 8.88. The van der Waals surface area contributed by atoms with Gasteiger partial charge in [0.05, 0.1) is 0 Å². The summed E-state index contributed by atoms with van der Waals surface area (Å²) in [6, 6.07) is -1.14. The van der Waals surface area contributed by atoms with Crippen LogP contribution in [0.2, 0.25) is 0 Å². The molecule has 150 valence electrons. The Morgan fingerprint density at radius 1 is 0.885 bits per heavy atom. The molecule has 0 fully saturated rings. The van der Waals surface area contributed by atoms with E-state index in [1.165, 1.54) is 7.05 Å². The highest BCUT2D eigenvalue weighted by Gasteiger charge is 2.25. The van der Waals surface area contributed by atoms with Gasteiger partial charge in [-0.1, -0.05) is 0 Å². The molecular formula is C16H29N3O7. The molecule has 0 aliphatic carbocycles. The second kappa shape index (κ2) is 9.83. The van der Waals surface area contributed by atoms with Crippen LogP contribution in [0, 0.1) is 0 Å². The summed E-state index contributed by atoms with van der Waals surface area (Å²) in [5.74, 6) is -1.36. The predicted octanol–water partition coefficient (Wildman–Crippen LogP) is 0.694. The third-order valence-electron chi connectivity index (χ3n) is 2.44. The van der Waals surface area contributed by atoms with Crippen LogP contribution in [0.3, 0.4) is 0 Å². The van der Waals surface area contributed by atoms with Gasteiger partial charge in [-0.05, 0) is 41.5 Å². The molecule has 0 bridgehead atoms. The largest absolute Gasteiger partial charge is 0.462 e. The van der Waals surface area contributed by atoms with Crippen molar-refractivity contribution in [3.8, 4) is 0 Å². The zero-order valence-electron chi connectivity index (χ0n) is 16.3. The molecule has 0 aromatic rings. The monoisotopic (exact) mass is 375 g/mol. The fraction of sp³-hybridized carbons (Fsp3) is 0.750. The average Bonchev–Trinajstić information content (AvgIpc) is 2.44. The summed E-state index contributed by atoms with van der Waals surface area (Å²) in [7, 11) is 1.37. The molecule has 1 atom stereocenters. The molecular weight excluding hydrogens is 346 g/mol. The number of rotatable bonds is 6. The Morgan fingerprint density at radius 2 is 1.38 bits per heavy atom. The Hall–Kier alpha value is -2.52. The van der Waals surface area contributed by atoms with E-state index in [2.05, 4.69) is 16.0 Å². The maximum absolute atomic E-state index is 11.8. The zero-order valence-corrected chi connectivity index (χ0v) is 16.3. The van der Waals surface area contributed by atoms with Crippen LogP contribution in [0.15, 0.2) is 0 Å². The molecule has 3 N–H and O–H groups in total. The van der Waals surface area contributed by atoms with Crippen LogP contribution in [0.5, 0.6) is 0 Å².